The summed E-state index contributed by atoms with van der Waals surface area (Å²) >= 11 is 0. The zero-order valence-corrected chi connectivity index (χ0v) is 13.3. The lowest BCUT2D eigenvalue weighted by Crippen LogP contribution is -1.93. The molecule has 0 aromatic carbocycles. The Morgan fingerprint density at radius 3 is 2.43 bits per heavy atom. The minimum Gasteiger partial charge on any atom is -0.481 e. The molecule has 0 aliphatic carbocycles. The number of carbonyl (C=O) groups is 1. The van der Waals surface area contributed by atoms with E-state index in [1.807, 2.05) is 0 Å². The van der Waals surface area contributed by atoms with Crippen LogP contribution in [-0.4, -0.2) is 23.3 Å². The van der Waals surface area contributed by atoms with Gasteiger partial charge in [-0.1, -0.05) is 50.5 Å². The topological polar surface area (TPSA) is 49.8 Å². The fourth-order valence-corrected chi connectivity index (χ4v) is 2.43. The first-order chi connectivity index (χ1) is 10.2. The number of carboxylic acids is 1. The average molecular weight is 294 g/mol. The molecule has 1 aliphatic heterocycles. The van der Waals surface area contributed by atoms with Crippen molar-refractivity contribution >= 4 is 5.97 Å². The molecular formula is C18H30O3. The molecule has 1 saturated heterocycles. The third kappa shape index (κ3) is 10.3. The molecule has 0 saturated carbocycles. The van der Waals surface area contributed by atoms with Crippen LogP contribution >= 0.6 is 0 Å². The lowest BCUT2D eigenvalue weighted by Gasteiger charge is -1.98. The van der Waals surface area contributed by atoms with Crippen molar-refractivity contribution < 1.29 is 14.6 Å². The van der Waals surface area contributed by atoms with Gasteiger partial charge < -0.3 is 9.84 Å². The summed E-state index contributed by atoms with van der Waals surface area (Å²) in [6.07, 6.45) is 20.0. The molecule has 0 spiro atoms. The van der Waals surface area contributed by atoms with Gasteiger partial charge in [0.25, 0.3) is 0 Å². The normalized spacial score (nSPS) is 21.4. The first-order valence-electron chi connectivity index (χ1n) is 8.41. The van der Waals surface area contributed by atoms with Gasteiger partial charge in [0, 0.05) is 6.42 Å². The van der Waals surface area contributed by atoms with Crippen LogP contribution in [-0.2, 0) is 9.53 Å². The minimum atomic E-state index is -0.676. The molecule has 1 N–H and O–H groups in total. The number of rotatable bonds is 13. The van der Waals surface area contributed by atoms with E-state index in [1.54, 1.807) is 0 Å². The number of epoxide rings is 1. The van der Waals surface area contributed by atoms with Crippen molar-refractivity contribution in [3.63, 3.8) is 0 Å². The summed E-state index contributed by atoms with van der Waals surface area (Å²) in [5, 5.41) is 8.51. The Hall–Kier alpha value is -1.09. The van der Waals surface area contributed by atoms with E-state index >= 15 is 0 Å². The van der Waals surface area contributed by atoms with Crippen LogP contribution < -0.4 is 0 Å². The van der Waals surface area contributed by atoms with E-state index in [2.05, 4.69) is 31.2 Å². The van der Waals surface area contributed by atoms with E-state index in [1.165, 1.54) is 12.8 Å². The lowest BCUT2D eigenvalue weighted by molar-refractivity contribution is -0.137. The van der Waals surface area contributed by atoms with Gasteiger partial charge in [-0.25, -0.2) is 0 Å². The summed E-state index contributed by atoms with van der Waals surface area (Å²) in [5.41, 5.74) is 0. The Bertz CT molecular complexity index is 333. The largest absolute Gasteiger partial charge is 0.481 e. The third-order valence-corrected chi connectivity index (χ3v) is 3.83. The highest BCUT2D eigenvalue weighted by Gasteiger charge is 2.35. The first kappa shape index (κ1) is 18.0. The number of ether oxygens (including phenoxy) is 1. The summed E-state index contributed by atoms with van der Waals surface area (Å²) < 4.78 is 5.48. The highest BCUT2D eigenvalue weighted by molar-refractivity contribution is 5.66. The quantitative estimate of drug-likeness (QED) is 0.299. The summed E-state index contributed by atoms with van der Waals surface area (Å²) in [4.78, 5) is 10.3. The number of hydrogen-bond donors (Lipinski definition) is 1. The van der Waals surface area contributed by atoms with Crippen LogP contribution in [0.3, 0.4) is 0 Å². The Kier molecular flexibility index (Phi) is 9.88. The molecule has 0 amide bonds. The molecule has 3 nitrogen and oxygen atoms in total. The minimum absolute atomic E-state index is 0.317. The highest BCUT2D eigenvalue weighted by atomic mass is 16.6. The Balaban J connectivity index is 1.80. The van der Waals surface area contributed by atoms with Gasteiger partial charge in [0.1, 0.15) is 0 Å². The second-order valence-electron chi connectivity index (χ2n) is 5.74. The lowest BCUT2D eigenvalue weighted by atomic mass is 10.1. The molecule has 0 aromatic heterocycles. The van der Waals surface area contributed by atoms with E-state index in [0.717, 1.165) is 44.9 Å². The van der Waals surface area contributed by atoms with Crippen LogP contribution in [0.25, 0.3) is 0 Å². The standard InChI is InChI=1S/C18H30O3/c1-2-16-17(21-16)14-12-10-8-6-4-3-5-7-9-11-13-15-18(19)20/h4,6,10,12,16-17H,2-3,5,7-9,11,13-15H2,1H3,(H,19,20)/b6-4-,12-10-/t16-,17+/m0/s1. The van der Waals surface area contributed by atoms with Crippen molar-refractivity contribution in [3.8, 4) is 0 Å². The van der Waals surface area contributed by atoms with E-state index in [0.29, 0.717) is 18.6 Å². The zero-order chi connectivity index (χ0) is 15.3. The number of aliphatic carboxylic acids is 1. The Morgan fingerprint density at radius 2 is 1.71 bits per heavy atom. The van der Waals surface area contributed by atoms with E-state index in [9.17, 15) is 4.79 Å². The molecule has 1 rings (SSSR count). The molecule has 0 aromatic rings. The van der Waals surface area contributed by atoms with E-state index in [4.69, 9.17) is 9.84 Å². The molecule has 1 aliphatic rings. The maximum Gasteiger partial charge on any atom is 0.303 e. The monoisotopic (exact) mass is 294 g/mol. The van der Waals surface area contributed by atoms with Gasteiger partial charge >= 0.3 is 5.97 Å². The van der Waals surface area contributed by atoms with Crippen LogP contribution in [0.2, 0.25) is 0 Å². The summed E-state index contributed by atoms with van der Waals surface area (Å²) in [5.74, 6) is -0.676. The molecule has 0 radical (unpaired) electrons. The maximum atomic E-state index is 10.3. The summed E-state index contributed by atoms with van der Waals surface area (Å²) in [6.45, 7) is 2.17. The number of hydrogen-bond acceptors (Lipinski definition) is 2. The maximum absolute atomic E-state index is 10.3. The first-order valence-corrected chi connectivity index (χ1v) is 8.41. The van der Waals surface area contributed by atoms with Crippen molar-refractivity contribution in [2.75, 3.05) is 0 Å². The van der Waals surface area contributed by atoms with Crippen LogP contribution in [0.1, 0.15) is 71.1 Å². The smallest absolute Gasteiger partial charge is 0.303 e. The van der Waals surface area contributed by atoms with E-state index in [-0.39, 0.29) is 0 Å². The number of carboxylic acid groups (broad SMARTS) is 1. The Morgan fingerprint density at radius 1 is 1.00 bits per heavy atom. The van der Waals surface area contributed by atoms with Gasteiger partial charge in [0.05, 0.1) is 12.2 Å². The average Bonchev–Trinajstić information content (AvgIpc) is 3.22. The zero-order valence-electron chi connectivity index (χ0n) is 13.3. The molecule has 0 unspecified atom stereocenters. The Labute approximate surface area is 129 Å². The summed E-state index contributed by atoms with van der Waals surface area (Å²) in [7, 11) is 0. The van der Waals surface area contributed by atoms with Gasteiger partial charge in [-0.15, -0.1) is 0 Å². The van der Waals surface area contributed by atoms with Crippen molar-refractivity contribution in [3.05, 3.63) is 24.3 Å². The predicted molar refractivity (Wildman–Crippen MR) is 86.4 cm³/mol. The third-order valence-electron chi connectivity index (χ3n) is 3.83. The molecular weight excluding hydrogens is 264 g/mol. The number of allylic oxidation sites excluding steroid dienone is 3. The van der Waals surface area contributed by atoms with Crippen molar-refractivity contribution in [2.45, 2.75) is 83.3 Å². The van der Waals surface area contributed by atoms with Crippen LogP contribution in [0, 0.1) is 0 Å². The van der Waals surface area contributed by atoms with Crippen molar-refractivity contribution in [2.24, 2.45) is 0 Å². The molecule has 2 atom stereocenters. The molecule has 1 fully saturated rings. The highest BCUT2D eigenvalue weighted by Crippen LogP contribution is 2.28. The molecule has 120 valence electrons. The fourth-order valence-electron chi connectivity index (χ4n) is 2.43. The number of unbranched alkanes of at least 4 members (excludes halogenated alkanes) is 5. The SMILES string of the molecule is CC[C@@H]1O[C@@H]1C/C=C\C/C=C\CCCCCCCC(=O)O. The van der Waals surface area contributed by atoms with Crippen molar-refractivity contribution in [1.29, 1.82) is 0 Å². The van der Waals surface area contributed by atoms with Gasteiger partial charge in [-0.2, -0.15) is 0 Å². The molecule has 3 heteroatoms. The fraction of sp³-hybridized carbons (Fsp3) is 0.722. The van der Waals surface area contributed by atoms with Crippen LogP contribution in [0.5, 0.6) is 0 Å². The van der Waals surface area contributed by atoms with Gasteiger partial charge in [-0.05, 0) is 38.5 Å². The van der Waals surface area contributed by atoms with Gasteiger partial charge in [0.15, 0.2) is 0 Å². The van der Waals surface area contributed by atoms with Gasteiger partial charge in [-0.3, -0.25) is 4.79 Å². The van der Waals surface area contributed by atoms with E-state index < -0.39 is 5.97 Å². The predicted octanol–water partition coefficient (Wildman–Crippen LogP) is 4.87. The van der Waals surface area contributed by atoms with Crippen LogP contribution in [0.4, 0.5) is 0 Å². The van der Waals surface area contributed by atoms with Crippen molar-refractivity contribution in [1.82, 2.24) is 0 Å². The summed E-state index contributed by atoms with van der Waals surface area (Å²) in [6, 6.07) is 0. The molecule has 1 heterocycles. The molecule has 21 heavy (non-hydrogen) atoms. The second kappa shape index (κ2) is 11.6. The molecule has 0 bridgehead atoms. The van der Waals surface area contributed by atoms with Crippen LogP contribution in [0.15, 0.2) is 24.3 Å². The second-order valence-corrected chi connectivity index (χ2v) is 5.74. The van der Waals surface area contributed by atoms with Gasteiger partial charge in [0.2, 0.25) is 0 Å².